The van der Waals surface area contributed by atoms with Gasteiger partial charge >= 0.3 is 0 Å². The monoisotopic (exact) mass is 583 g/mol. The highest BCUT2D eigenvalue weighted by atomic mass is 28.3. The molecule has 1 aliphatic rings. The summed E-state index contributed by atoms with van der Waals surface area (Å²) in [5.74, 6) is 2.04. The van der Waals surface area contributed by atoms with Gasteiger partial charge in [0.05, 0.1) is 41.4 Å². The largest absolute Gasteiger partial charge is 0.479 e. The van der Waals surface area contributed by atoms with Gasteiger partial charge in [-0.05, 0) is 38.7 Å². The molecule has 3 heterocycles. The summed E-state index contributed by atoms with van der Waals surface area (Å²) in [5, 5.41) is 4.12. The van der Waals surface area contributed by atoms with Crippen molar-refractivity contribution in [1.82, 2.24) is 14.9 Å². The number of nitrogens with zero attached hydrogens (tertiary/aromatic N) is 4. The first-order valence-corrected chi connectivity index (χ1v) is 17.2. The van der Waals surface area contributed by atoms with Crippen molar-refractivity contribution in [2.45, 2.75) is 39.1 Å². The second-order valence-corrected chi connectivity index (χ2v) is 16.5. The number of amides is 1. The van der Waals surface area contributed by atoms with E-state index in [4.69, 9.17) is 23.4 Å². The van der Waals surface area contributed by atoms with Gasteiger partial charge in [0, 0.05) is 25.7 Å². The molecule has 2 aromatic heterocycles. The average molecular weight is 584 g/mol. The number of likely N-dealkylation sites (N-methyl/N-ethyl adjacent to an activating group) is 1. The first kappa shape index (κ1) is 30.3. The second-order valence-electron chi connectivity index (χ2n) is 11.4. The van der Waals surface area contributed by atoms with Gasteiger partial charge in [0.2, 0.25) is 23.6 Å². The number of aromatic nitrogens is 2. The summed E-state index contributed by atoms with van der Waals surface area (Å²) in [4.78, 5) is 26.3. The molecule has 11 nitrogen and oxygen atoms in total. The Bertz CT molecular complexity index is 1330. The summed E-state index contributed by atoms with van der Waals surface area (Å²) in [6.07, 6.45) is -0.00446. The molecule has 41 heavy (non-hydrogen) atoms. The second kappa shape index (κ2) is 12.9. The summed E-state index contributed by atoms with van der Waals surface area (Å²) >= 11 is 0. The molecule has 222 valence electrons. The average Bonchev–Trinajstić information content (AvgIpc) is 3.35. The predicted molar refractivity (Wildman–Crippen MR) is 161 cm³/mol. The lowest BCUT2D eigenvalue weighted by Crippen LogP contribution is -2.47. The molecule has 0 bridgehead atoms. The Morgan fingerprint density at radius 2 is 1.83 bits per heavy atom. The number of nitrogens with one attached hydrogen (secondary N) is 1. The Hall–Kier alpha value is -3.61. The number of hydrogen-bond donors (Lipinski definition) is 1. The highest BCUT2D eigenvalue weighted by Gasteiger charge is 2.27. The van der Waals surface area contributed by atoms with Gasteiger partial charge in [-0.25, -0.2) is 0 Å². The number of hydrogen-bond acceptors (Lipinski definition) is 10. The zero-order valence-corrected chi connectivity index (χ0v) is 26.2. The minimum absolute atomic E-state index is 0.0223. The van der Waals surface area contributed by atoms with E-state index >= 15 is 0 Å². The summed E-state index contributed by atoms with van der Waals surface area (Å²) in [6.45, 7) is 11.5. The Kier molecular flexibility index (Phi) is 9.56. The van der Waals surface area contributed by atoms with Crippen LogP contribution in [-0.4, -0.2) is 89.5 Å². The van der Waals surface area contributed by atoms with Crippen molar-refractivity contribution in [3.05, 3.63) is 41.7 Å². The fraction of sp³-hybridized carbons (Fsp3) is 0.483. The third-order valence-electron chi connectivity index (χ3n) is 6.71. The SMILES string of the molecule is COc1nc(N2CCOC(CN(C)C)C2)nc(OC)c1NC(=O)Cc1ccc(Oc2cc([Si](C)(C)C)ccc2C)o1. The van der Waals surface area contributed by atoms with Gasteiger partial charge in [-0.15, -0.1) is 0 Å². The molecule has 0 saturated carbocycles. The Labute approximate surface area is 242 Å². The van der Waals surface area contributed by atoms with Crippen molar-refractivity contribution in [3.63, 3.8) is 0 Å². The number of morpholine rings is 1. The van der Waals surface area contributed by atoms with Crippen molar-refractivity contribution in [2.24, 2.45) is 0 Å². The maximum absolute atomic E-state index is 13.0. The van der Waals surface area contributed by atoms with Crippen molar-refractivity contribution in [3.8, 4) is 23.5 Å². The Balaban J connectivity index is 1.45. The molecule has 0 spiro atoms. The minimum Gasteiger partial charge on any atom is -0.479 e. The minimum atomic E-state index is -1.50. The van der Waals surface area contributed by atoms with Crippen molar-refractivity contribution >= 4 is 30.8 Å². The third-order valence-corrected chi connectivity index (χ3v) is 8.75. The van der Waals surface area contributed by atoms with Crippen molar-refractivity contribution in [1.29, 1.82) is 0 Å². The van der Waals surface area contributed by atoms with E-state index in [9.17, 15) is 4.79 Å². The molecule has 1 unspecified atom stereocenters. The molecule has 3 aromatic rings. The van der Waals surface area contributed by atoms with E-state index in [1.807, 2.05) is 25.9 Å². The van der Waals surface area contributed by atoms with Gasteiger partial charge in [-0.1, -0.05) is 37.0 Å². The smallest absolute Gasteiger partial charge is 0.290 e. The topological polar surface area (TPSA) is 111 Å². The number of benzene rings is 1. The van der Waals surface area contributed by atoms with E-state index in [1.54, 1.807) is 12.1 Å². The summed E-state index contributed by atoms with van der Waals surface area (Å²) in [5.41, 5.74) is 1.26. The fourth-order valence-electron chi connectivity index (χ4n) is 4.51. The number of rotatable bonds is 11. The van der Waals surface area contributed by atoms with Crippen LogP contribution >= 0.6 is 0 Å². The third kappa shape index (κ3) is 7.78. The van der Waals surface area contributed by atoms with Crippen LogP contribution in [0.1, 0.15) is 11.3 Å². The molecular weight excluding hydrogens is 542 g/mol. The molecule has 1 saturated heterocycles. The van der Waals surface area contributed by atoms with Crippen LogP contribution in [0.3, 0.4) is 0 Å². The van der Waals surface area contributed by atoms with Crippen LogP contribution in [0.15, 0.2) is 34.7 Å². The molecule has 0 radical (unpaired) electrons. The number of ether oxygens (including phenoxy) is 4. The molecule has 4 rings (SSSR count). The van der Waals surface area contributed by atoms with Gasteiger partial charge in [0.25, 0.3) is 5.95 Å². The van der Waals surface area contributed by atoms with Crippen molar-refractivity contribution < 1.29 is 28.2 Å². The lowest BCUT2D eigenvalue weighted by molar-refractivity contribution is -0.115. The Morgan fingerprint density at radius 1 is 1.12 bits per heavy atom. The van der Waals surface area contributed by atoms with E-state index in [0.29, 0.717) is 37.4 Å². The highest BCUT2D eigenvalue weighted by molar-refractivity contribution is 6.88. The lowest BCUT2D eigenvalue weighted by Gasteiger charge is -2.34. The molecule has 1 aliphatic heterocycles. The molecular formula is C29H41N5O6Si. The van der Waals surface area contributed by atoms with E-state index in [2.05, 4.69) is 58.0 Å². The van der Waals surface area contributed by atoms with Gasteiger partial charge < -0.3 is 38.5 Å². The van der Waals surface area contributed by atoms with Crippen LogP contribution in [-0.2, 0) is 16.0 Å². The molecule has 1 N–H and O–H groups in total. The molecule has 1 aromatic carbocycles. The molecule has 0 aliphatic carbocycles. The van der Waals surface area contributed by atoms with Gasteiger partial charge in [-0.3, -0.25) is 4.79 Å². The Morgan fingerprint density at radius 3 is 2.46 bits per heavy atom. The highest BCUT2D eigenvalue weighted by Crippen LogP contribution is 2.34. The zero-order valence-electron chi connectivity index (χ0n) is 25.2. The van der Waals surface area contributed by atoms with Crippen LogP contribution in [0.5, 0.6) is 23.5 Å². The number of carbonyl (C=O) groups excluding carboxylic acids is 1. The molecule has 12 heteroatoms. The number of furan rings is 1. The zero-order chi connectivity index (χ0) is 29.7. The van der Waals surface area contributed by atoms with E-state index in [-0.39, 0.29) is 35.9 Å². The summed E-state index contributed by atoms with van der Waals surface area (Å²) < 4.78 is 28.8. The van der Waals surface area contributed by atoms with E-state index < -0.39 is 8.07 Å². The predicted octanol–water partition coefficient (Wildman–Crippen LogP) is 3.68. The van der Waals surface area contributed by atoms with Crippen LogP contribution in [0.4, 0.5) is 11.6 Å². The number of aryl methyl sites for hydroxylation is 1. The maximum Gasteiger partial charge on any atom is 0.290 e. The van der Waals surface area contributed by atoms with Crippen LogP contribution in [0, 0.1) is 6.92 Å². The summed E-state index contributed by atoms with van der Waals surface area (Å²) in [6, 6.07) is 9.75. The van der Waals surface area contributed by atoms with Gasteiger partial charge in [0.1, 0.15) is 11.5 Å². The first-order valence-electron chi connectivity index (χ1n) is 13.7. The number of carbonyl (C=O) groups is 1. The molecule has 1 amide bonds. The molecule has 1 fully saturated rings. The van der Waals surface area contributed by atoms with Crippen LogP contribution in [0.2, 0.25) is 19.6 Å². The van der Waals surface area contributed by atoms with Gasteiger partial charge in [0.15, 0.2) is 5.69 Å². The quantitative estimate of drug-likeness (QED) is 0.336. The van der Waals surface area contributed by atoms with Gasteiger partial charge in [-0.2, -0.15) is 9.97 Å². The van der Waals surface area contributed by atoms with Crippen LogP contribution < -0.4 is 29.6 Å². The first-order chi connectivity index (χ1) is 19.5. The fourth-order valence-corrected chi connectivity index (χ4v) is 5.65. The maximum atomic E-state index is 13.0. The lowest BCUT2D eigenvalue weighted by atomic mass is 10.2. The number of anilines is 2. The summed E-state index contributed by atoms with van der Waals surface area (Å²) in [7, 11) is 5.49. The van der Waals surface area contributed by atoms with E-state index in [0.717, 1.165) is 17.9 Å². The normalized spacial score (nSPS) is 15.6. The van der Waals surface area contributed by atoms with E-state index in [1.165, 1.54) is 19.4 Å². The van der Waals surface area contributed by atoms with Crippen molar-refractivity contribution in [2.75, 3.05) is 64.8 Å². The standard InChI is InChI=1S/C29H41N5O6Si/c1-19-9-11-22(41(6,7)8)16-23(19)40-25-12-10-20(39-25)15-24(35)30-26-27(36-4)31-29(32-28(26)37-5)34-13-14-38-21(18-34)17-33(2)3/h9-12,16,21H,13-15,17-18H2,1-8H3,(H,30,35). The van der Waals surface area contributed by atoms with Crippen LogP contribution in [0.25, 0.3) is 0 Å². The molecule has 1 atom stereocenters. The number of methoxy groups -OCH3 is 2.